The number of hydrogen-bond acceptors (Lipinski definition) is 1. The number of benzene rings is 2. The van der Waals surface area contributed by atoms with Crippen LogP contribution in [0.2, 0.25) is 0 Å². The molecule has 24 heavy (non-hydrogen) atoms. The highest BCUT2D eigenvalue weighted by Crippen LogP contribution is 2.33. The smallest absolute Gasteiger partial charge is 0.323 e. The van der Waals surface area contributed by atoms with Crippen LogP contribution in [0.3, 0.4) is 0 Å². The van der Waals surface area contributed by atoms with Gasteiger partial charge in [-0.15, -0.1) is 0 Å². The molecule has 0 amide bonds. The molecule has 0 bridgehead atoms. The number of fused-ring (bicyclic) bond motifs is 1. The topological polar surface area (TPSA) is 17.8 Å². The molecule has 0 fully saturated rings. The van der Waals surface area contributed by atoms with Gasteiger partial charge in [0.15, 0.2) is 0 Å². The Hall–Kier alpha value is -2.30. The minimum Gasteiger partial charge on any atom is -0.323 e. The van der Waals surface area contributed by atoms with Crippen molar-refractivity contribution < 1.29 is 13.2 Å². The normalized spacial score (nSPS) is 12.8. The Morgan fingerprint density at radius 2 is 1.62 bits per heavy atom. The van der Waals surface area contributed by atoms with Crippen molar-refractivity contribution in [3.05, 3.63) is 65.5 Å². The maximum absolute atomic E-state index is 13.0. The van der Waals surface area contributed by atoms with Gasteiger partial charge in [0, 0.05) is 12.0 Å². The van der Waals surface area contributed by atoms with Crippen LogP contribution < -0.4 is 0 Å². The monoisotopic (exact) mass is 332 g/mol. The lowest BCUT2D eigenvalue weighted by atomic mass is 9.95. The van der Waals surface area contributed by atoms with Crippen LogP contribution in [0.1, 0.15) is 37.7 Å². The van der Waals surface area contributed by atoms with Crippen LogP contribution in [0, 0.1) is 0 Å². The first-order valence-electron chi connectivity index (χ1n) is 7.78. The molecule has 126 valence electrons. The molecule has 5 heteroatoms. The third kappa shape index (κ3) is 3.16. The molecule has 1 aromatic heterocycles. The van der Waals surface area contributed by atoms with E-state index in [2.05, 4.69) is 4.98 Å². The summed E-state index contributed by atoms with van der Waals surface area (Å²) in [5.41, 5.74) is 1.25. The van der Waals surface area contributed by atoms with E-state index in [1.807, 2.05) is 55.7 Å². The van der Waals surface area contributed by atoms with Gasteiger partial charge in [-0.3, -0.25) is 0 Å². The van der Waals surface area contributed by atoms with E-state index in [1.54, 1.807) is 0 Å². The van der Waals surface area contributed by atoms with E-state index in [4.69, 9.17) is 0 Å². The highest BCUT2D eigenvalue weighted by Gasteiger charge is 2.31. The van der Waals surface area contributed by atoms with Gasteiger partial charge in [0.1, 0.15) is 5.82 Å². The summed E-state index contributed by atoms with van der Waals surface area (Å²) < 4.78 is 40.9. The highest BCUT2D eigenvalue weighted by molar-refractivity contribution is 5.77. The molecule has 0 aliphatic rings. The predicted octanol–water partition coefficient (Wildman–Crippen LogP) is 5.40. The fourth-order valence-corrected chi connectivity index (χ4v) is 2.80. The standard InChI is InChI=1S/C19H19F3N2/c1-18(2,3)17-23-15-11-14(19(20,21)22)9-10-16(15)24(17)12-13-7-5-4-6-8-13/h4-11H,12H2,1-3H3. The molecule has 0 atom stereocenters. The van der Waals surface area contributed by atoms with Crippen molar-refractivity contribution in [2.75, 3.05) is 0 Å². The average molecular weight is 332 g/mol. The third-order valence-electron chi connectivity index (χ3n) is 3.93. The Bertz CT molecular complexity index is 856. The van der Waals surface area contributed by atoms with E-state index in [0.29, 0.717) is 12.1 Å². The first kappa shape index (κ1) is 16.6. The number of alkyl halides is 3. The molecule has 0 radical (unpaired) electrons. The van der Waals surface area contributed by atoms with Crippen LogP contribution in [0.4, 0.5) is 13.2 Å². The second kappa shape index (κ2) is 5.65. The Balaban J connectivity index is 2.18. The van der Waals surface area contributed by atoms with Crippen LogP contribution >= 0.6 is 0 Å². The van der Waals surface area contributed by atoms with Gasteiger partial charge in [0.25, 0.3) is 0 Å². The summed E-state index contributed by atoms with van der Waals surface area (Å²) in [4.78, 5) is 4.52. The second-order valence-electron chi connectivity index (χ2n) is 6.96. The Kier molecular flexibility index (Phi) is 3.90. The molecule has 2 aromatic carbocycles. The fraction of sp³-hybridized carbons (Fsp3) is 0.316. The summed E-state index contributed by atoms with van der Waals surface area (Å²) in [6, 6.07) is 13.6. The van der Waals surface area contributed by atoms with Crippen molar-refractivity contribution in [2.45, 2.75) is 38.9 Å². The molecular weight excluding hydrogens is 313 g/mol. The summed E-state index contributed by atoms with van der Waals surface area (Å²) in [5, 5.41) is 0. The molecule has 0 spiro atoms. The molecule has 1 heterocycles. The van der Waals surface area contributed by atoms with E-state index in [-0.39, 0.29) is 5.41 Å². The van der Waals surface area contributed by atoms with Crippen LogP contribution in [-0.2, 0) is 18.1 Å². The molecule has 0 aliphatic carbocycles. The zero-order chi connectivity index (χ0) is 17.5. The zero-order valence-electron chi connectivity index (χ0n) is 13.9. The lowest BCUT2D eigenvalue weighted by molar-refractivity contribution is -0.137. The first-order chi connectivity index (χ1) is 11.2. The number of halogens is 3. The number of rotatable bonds is 2. The lowest BCUT2D eigenvalue weighted by Gasteiger charge is -2.20. The van der Waals surface area contributed by atoms with E-state index < -0.39 is 11.7 Å². The summed E-state index contributed by atoms with van der Waals surface area (Å²) in [5.74, 6) is 0.778. The average Bonchev–Trinajstić information content (AvgIpc) is 2.86. The highest BCUT2D eigenvalue weighted by atomic mass is 19.4. The molecule has 0 saturated carbocycles. The summed E-state index contributed by atoms with van der Waals surface area (Å²) in [6.45, 7) is 6.62. The largest absolute Gasteiger partial charge is 0.416 e. The summed E-state index contributed by atoms with van der Waals surface area (Å²) >= 11 is 0. The van der Waals surface area contributed by atoms with Crippen molar-refractivity contribution in [2.24, 2.45) is 0 Å². The van der Waals surface area contributed by atoms with E-state index >= 15 is 0 Å². The summed E-state index contributed by atoms with van der Waals surface area (Å²) in [6.07, 6.45) is -4.36. The van der Waals surface area contributed by atoms with Crippen molar-refractivity contribution >= 4 is 11.0 Å². The quantitative estimate of drug-likeness (QED) is 0.614. The van der Waals surface area contributed by atoms with Gasteiger partial charge in [-0.1, -0.05) is 51.1 Å². The Labute approximate surface area is 138 Å². The van der Waals surface area contributed by atoms with Gasteiger partial charge in [-0.2, -0.15) is 13.2 Å². The van der Waals surface area contributed by atoms with Gasteiger partial charge >= 0.3 is 6.18 Å². The van der Waals surface area contributed by atoms with Gasteiger partial charge < -0.3 is 4.57 Å². The maximum Gasteiger partial charge on any atom is 0.416 e. The lowest BCUT2D eigenvalue weighted by Crippen LogP contribution is -2.19. The molecule has 0 saturated heterocycles. The number of imidazole rings is 1. The van der Waals surface area contributed by atoms with E-state index in [0.717, 1.165) is 29.0 Å². The maximum atomic E-state index is 13.0. The van der Waals surface area contributed by atoms with Gasteiger partial charge in [0.2, 0.25) is 0 Å². The first-order valence-corrected chi connectivity index (χ1v) is 7.78. The van der Waals surface area contributed by atoms with Crippen LogP contribution in [0.15, 0.2) is 48.5 Å². The van der Waals surface area contributed by atoms with Gasteiger partial charge in [-0.05, 0) is 23.8 Å². The number of hydrogen-bond donors (Lipinski definition) is 0. The molecule has 0 aliphatic heterocycles. The van der Waals surface area contributed by atoms with Gasteiger partial charge in [-0.25, -0.2) is 4.98 Å². The van der Waals surface area contributed by atoms with Crippen molar-refractivity contribution in [1.29, 1.82) is 0 Å². The Morgan fingerprint density at radius 3 is 2.21 bits per heavy atom. The predicted molar refractivity (Wildman–Crippen MR) is 89.0 cm³/mol. The van der Waals surface area contributed by atoms with Crippen molar-refractivity contribution in [1.82, 2.24) is 9.55 Å². The second-order valence-corrected chi connectivity index (χ2v) is 6.96. The zero-order valence-corrected chi connectivity index (χ0v) is 13.9. The molecule has 2 nitrogen and oxygen atoms in total. The van der Waals surface area contributed by atoms with E-state index in [9.17, 15) is 13.2 Å². The van der Waals surface area contributed by atoms with Crippen molar-refractivity contribution in [3.63, 3.8) is 0 Å². The minimum absolute atomic E-state index is 0.272. The Morgan fingerprint density at radius 1 is 0.958 bits per heavy atom. The van der Waals surface area contributed by atoms with E-state index in [1.165, 1.54) is 6.07 Å². The molecule has 0 unspecified atom stereocenters. The van der Waals surface area contributed by atoms with Gasteiger partial charge in [0.05, 0.1) is 16.6 Å². The van der Waals surface area contributed by atoms with Crippen LogP contribution in [0.25, 0.3) is 11.0 Å². The van der Waals surface area contributed by atoms with Crippen LogP contribution in [0.5, 0.6) is 0 Å². The molecule has 0 N–H and O–H groups in total. The third-order valence-corrected chi connectivity index (χ3v) is 3.93. The molecule has 3 aromatic rings. The van der Waals surface area contributed by atoms with Crippen molar-refractivity contribution in [3.8, 4) is 0 Å². The SMILES string of the molecule is CC(C)(C)c1nc2cc(C(F)(F)F)ccc2n1Cc1ccccc1. The molecular formula is C19H19F3N2. The number of nitrogens with zero attached hydrogens (tertiary/aromatic N) is 2. The fourth-order valence-electron chi connectivity index (χ4n) is 2.80. The molecule has 3 rings (SSSR count). The summed E-state index contributed by atoms with van der Waals surface area (Å²) in [7, 11) is 0. The van der Waals surface area contributed by atoms with Crippen LogP contribution in [-0.4, -0.2) is 9.55 Å². The minimum atomic E-state index is -4.36. The number of aromatic nitrogens is 2.